The highest BCUT2D eigenvalue weighted by Gasteiger charge is 2.08. The maximum atomic E-state index is 13.2. The molecule has 0 spiro atoms. The second-order valence-corrected chi connectivity index (χ2v) is 4.86. The normalized spacial score (nSPS) is 11.8. The van der Waals surface area contributed by atoms with Gasteiger partial charge in [0.05, 0.1) is 0 Å². The number of rotatable bonds is 5. The van der Waals surface area contributed by atoms with Crippen molar-refractivity contribution in [3.63, 3.8) is 0 Å². The molecule has 2 aromatic carbocycles. The average molecular weight is 286 g/mol. The molecule has 0 heterocycles. The zero-order valence-corrected chi connectivity index (χ0v) is 12.2. The number of carbonyl (C=O) groups excluding carboxylic acids is 1. The number of nitrogens with one attached hydrogen (secondary N) is 2. The van der Waals surface area contributed by atoms with E-state index in [4.69, 9.17) is 0 Å². The van der Waals surface area contributed by atoms with E-state index in [9.17, 15) is 9.18 Å². The van der Waals surface area contributed by atoms with Crippen LogP contribution in [0.25, 0.3) is 0 Å². The van der Waals surface area contributed by atoms with Crippen LogP contribution in [0.4, 0.5) is 10.1 Å². The molecule has 3 nitrogen and oxygen atoms in total. The van der Waals surface area contributed by atoms with Gasteiger partial charge in [0, 0.05) is 23.8 Å². The Morgan fingerprint density at radius 1 is 1.19 bits per heavy atom. The third-order valence-electron chi connectivity index (χ3n) is 3.19. The molecule has 4 heteroatoms. The Hall–Kier alpha value is -2.36. The second kappa shape index (κ2) is 6.88. The minimum atomic E-state index is -0.253. The summed E-state index contributed by atoms with van der Waals surface area (Å²) in [4.78, 5) is 11.8. The molecule has 1 unspecified atom stereocenters. The van der Waals surface area contributed by atoms with Crippen LogP contribution in [0.3, 0.4) is 0 Å². The lowest BCUT2D eigenvalue weighted by Gasteiger charge is -2.16. The third-order valence-corrected chi connectivity index (χ3v) is 3.19. The summed E-state index contributed by atoms with van der Waals surface area (Å²) >= 11 is 0. The molecular weight excluding hydrogens is 267 g/mol. The lowest BCUT2D eigenvalue weighted by atomic mass is 10.1. The Bertz CT molecular complexity index is 628. The Labute approximate surface area is 124 Å². The van der Waals surface area contributed by atoms with Crippen LogP contribution in [0.15, 0.2) is 48.5 Å². The lowest BCUT2D eigenvalue weighted by molar-refractivity contribution is 0.0956. The van der Waals surface area contributed by atoms with Crippen molar-refractivity contribution in [1.82, 2.24) is 5.32 Å². The summed E-state index contributed by atoms with van der Waals surface area (Å²) in [6, 6.07) is 13.7. The van der Waals surface area contributed by atoms with Gasteiger partial charge in [0.1, 0.15) is 5.82 Å². The van der Waals surface area contributed by atoms with Gasteiger partial charge in [0.2, 0.25) is 0 Å². The Balaban J connectivity index is 2.12. The van der Waals surface area contributed by atoms with Crippen molar-refractivity contribution in [2.24, 2.45) is 0 Å². The number of benzene rings is 2. The summed E-state index contributed by atoms with van der Waals surface area (Å²) in [5.41, 5.74) is 2.29. The van der Waals surface area contributed by atoms with Gasteiger partial charge in [-0.3, -0.25) is 4.79 Å². The van der Waals surface area contributed by atoms with Crippen molar-refractivity contribution in [3.05, 3.63) is 65.5 Å². The first-order valence-corrected chi connectivity index (χ1v) is 7.00. The Morgan fingerprint density at radius 3 is 2.67 bits per heavy atom. The van der Waals surface area contributed by atoms with E-state index in [1.807, 2.05) is 32.0 Å². The quantitative estimate of drug-likeness (QED) is 0.879. The largest absolute Gasteiger partial charge is 0.378 e. The molecule has 0 aromatic heterocycles. The molecule has 2 aromatic rings. The van der Waals surface area contributed by atoms with Crippen molar-refractivity contribution in [2.75, 3.05) is 11.9 Å². The smallest absolute Gasteiger partial charge is 0.251 e. The molecule has 110 valence electrons. The summed E-state index contributed by atoms with van der Waals surface area (Å²) in [5, 5.41) is 6.04. The van der Waals surface area contributed by atoms with E-state index in [0.717, 1.165) is 11.3 Å². The summed E-state index contributed by atoms with van der Waals surface area (Å²) < 4.78 is 13.2. The van der Waals surface area contributed by atoms with Crippen LogP contribution < -0.4 is 10.6 Å². The lowest BCUT2D eigenvalue weighted by Crippen LogP contribution is -2.22. The van der Waals surface area contributed by atoms with Crippen molar-refractivity contribution in [1.29, 1.82) is 0 Å². The predicted molar refractivity (Wildman–Crippen MR) is 82.9 cm³/mol. The molecular formula is C17H19FN2O. The number of hydrogen-bond acceptors (Lipinski definition) is 2. The maximum Gasteiger partial charge on any atom is 0.251 e. The third kappa shape index (κ3) is 4.05. The highest BCUT2D eigenvalue weighted by Crippen LogP contribution is 2.20. The minimum Gasteiger partial charge on any atom is -0.378 e. The van der Waals surface area contributed by atoms with Crippen LogP contribution in [0.1, 0.15) is 35.8 Å². The molecule has 0 aliphatic carbocycles. The first kappa shape index (κ1) is 15.0. The van der Waals surface area contributed by atoms with Crippen molar-refractivity contribution in [2.45, 2.75) is 19.9 Å². The molecule has 0 aliphatic rings. The zero-order valence-electron chi connectivity index (χ0n) is 12.2. The van der Waals surface area contributed by atoms with Gasteiger partial charge < -0.3 is 10.6 Å². The van der Waals surface area contributed by atoms with Crippen molar-refractivity contribution >= 4 is 11.6 Å². The molecule has 1 amide bonds. The standard InChI is InChI=1S/C17H19FN2O/c1-3-19-17(21)14-7-5-9-16(11-14)20-12(2)13-6-4-8-15(18)10-13/h4-12,20H,3H2,1-2H3,(H,19,21). The first-order valence-electron chi connectivity index (χ1n) is 7.00. The molecule has 0 aliphatic heterocycles. The molecule has 2 N–H and O–H groups in total. The van der Waals surface area contributed by atoms with E-state index in [1.54, 1.807) is 18.2 Å². The summed E-state index contributed by atoms with van der Waals surface area (Å²) in [6.45, 7) is 4.43. The summed E-state index contributed by atoms with van der Waals surface area (Å²) in [5.74, 6) is -0.350. The molecule has 2 rings (SSSR count). The van der Waals surface area contributed by atoms with Crippen LogP contribution in [0.2, 0.25) is 0 Å². The van der Waals surface area contributed by atoms with Crippen LogP contribution in [-0.4, -0.2) is 12.5 Å². The van der Waals surface area contributed by atoms with Gasteiger partial charge in [0.25, 0.3) is 5.91 Å². The van der Waals surface area contributed by atoms with Crippen molar-refractivity contribution in [3.8, 4) is 0 Å². The number of anilines is 1. The van der Waals surface area contributed by atoms with E-state index < -0.39 is 0 Å². The summed E-state index contributed by atoms with van der Waals surface area (Å²) in [7, 11) is 0. The Kier molecular flexibility index (Phi) is 4.93. The van der Waals surface area contributed by atoms with Crippen LogP contribution in [-0.2, 0) is 0 Å². The zero-order chi connectivity index (χ0) is 15.2. The maximum absolute atomic E-state index is 13.2. The molecule has 0 fully saturated rings. The molecule has 21 heavy (non-hydrogen) atoms. The van der Waals surface area contributed by atoms with E-state index in [1.165, 1.54) is 12.1 Å². The molecule has 1 atom stereocenters. The fourth-order valence-electron chi connectivity index (χ4n) is 2.12. The van der Waals surface area contributed by atoms with Crippen molar-refractivity contribution < 1.29 is 9.18 Å². The number of carbonyl (C=O) groups is 1. The van der Waals surface area contributed by atoms with Gasteiger partial charge >= 0.3 is 0 Å². The Morgan fingerprint density at radius 2 is 1.95 bits per heavy atom. The van der Waals surface area contributed by atoms with Gasteiger partial charge in [-0.1, -0.05) is 18.2 Å². The number of amides is 1. The van der Waals surface area contributed by atoms with E-state index in [0.29, 0.717) is 12.1 Å². The van der Waals surface area contributed by atoms with Crippen LogP contribution in [0.5, 0.6) is 0 Å². The number of hydrogen-bond donors (Lipinski definition) is 2. The molecule has 0 saturated heterocycles. The average Bonchev–Trinajstić information content (AvgIpc) is 2.48. The van der Waals surface area contributed by atoms with E-state index >= 15 is 0 Å². The van der Waals surface area contributed by atoms with Crippen LogP contribution >= 0.6 is 0 Å². The molecule has 0 saturated carbocycles. The first-order chi connectivity index (χ1) is 10.1. The SMILES string of the molecule is CCNC(=O)c1cccc(NC(C)c2cccc(F)c2)c1. The second-order valence-electron chi connectivity index (χ2n) is 4.86. The van der Waals surface area contributed by atoms with E-state index in [2.05, 4.69) is 10.6 Å². The van der Waals surface area contributed by atoms with Crippen LogP contribution in [0, 0.1) is 5.82 Å². The molecule has 0 radical (unpaired) electrons. The van der Waals surface area contributed by atoms with Gasteiger partial charge in [-0.15, -0.1) is 0 Å². The monoisotopic (exact) mass is 286 g/mol. The fraction of sp³-hybridized carbons (Fsp3) is 0.235. The van der Waals surface area contributed by atoms with Gasteiger partial charge in [-0.05, 0) is 49.7 Å². The fourth-order valence-corrected chi connectivity index (χ4v) is 2.12. The number of halogens is 1. The van der Waals surface area contributed by atoms with Gasteiger partial charge in [0.15, 0.2) is 0 Å². The van der Waals surface area contributed by atoms with Gasteiger partial charge in [-0.25, -0.2) is 4.39 Å². The van der Waals surface area contributed by atoms with Gasteiger partial charge in [-0.2, -0.15) is 0 Å². The highest BCUT2D eigenvalue weighted by molar-refractivity contribution is 5.95. The molecule has 0 bridgehead atoms. The van der Waals surface area contributed by atoms with E-state index in [-0.39, 0.29) is 17.8 Å². The summed E-state index contributed by atoms with van der Waals surface area (Å²) in [6.07, 6.45) is 0. The minimum absolute atomic E-state index is 0.0508. The predicted octanol–water partition coefficient (Wildman–Crippen LogP) is 3.75. The topological polar surface area (TPSA) is 41.1 Å². The highest BCUT2D eigenvalue weighted by atomic mass is 19.1.